The highest BCUT2D eigenvalue weighted by Crippen LogP contribution is 2.39. The Morgan fingerprint density at radius 3 is 1.72 bits per heavy atom. The summed E-state index contributed by atoms with van der Waals surface area (Å²) in [6.07, 6.45) is 0. The molecule has 0 aliphatic carbocycles. The number of para-hydroxylation sites is 1. The fourth-order valence-electron chi connectivity index (χ4n) is 6.54. The first-order valence-electron chi connectivity index (χ1n) is 15.7. The van der Waals surface area contributed by atoms with Crippen LogP contribution in [0.15, 0.2) is 168 Å². The Hall–Kier alpha value is -6.39. The van der Waals surface area contributed by atoms with Gasteiger partial charge in [-0.05, 0) is 51.2 Å². The van der Waals surface area contributed by atoms with Crippen molar-refractivity contribution >= 4 is 32.7 Å². The number of hydrogen-bond acceptors (Lipinski definition) is 4. The van der Waals surface area contributed by atoms with Crippen molar-refractivity contribution in [1.29, 1.82) is 0 Å². The lowest BCUT2D eigenvalue weighted by molar-refractivity contribution is 0.669. The first-order chi connectivity index (χ1) is 23.3. The van der Waals surface area contributed by atoms with E-state index in [1.165, 1.54) is 0 Å². The Kier molecular flexibility index (Phi) is 6.43. The minimum Gasteiger partial charge on any atom is -0.456 e. The van der Waals surface area contributed by atoms with Gasteiger partial charge in [0.1, 0.15) is 11.2 Å². The maximum absolute atomic E-state index is 6.25. The monoisotopic (exact) mass is 601 g/mol. The van der Waals surface area contributed by atoms with Crippen LogP contribution in [0.25, 0.3) is 89.1 Å². The molecule has 4 heteroatoms. The van der Waals surface area contributed by atoms with Crippen LogP contribution in [0.2, 0.25) is 0 Å². The predicted octanol–water partition coefficient (Wildman–Crippen LogP) is 11.3. The molecule has 7 aromatic carbocycles. The number of benzene rings is 7. The van der Waals surface area contributed by atoms with Gasteiger partial charge in [0.05, 0.1) is 0 Å². The smallest absolute Gasteiger partial charge is 0.164 e. The van der Waals surface area contributed by atoms with Gasteiger partial charge in [0, 0.05) is 27.5 Å². The molecule has 220 valence electrons. The third kappa shape index (κ3) is 4.75. The predicted molar refractivity (Wildman–Crippen MR) is 192 cm³/mol. The van der Waals surface area contributed by atoms with Crippen LogP contribution in [-0.2, 0) is 0 Å². The minimum atomic E-state index is 0.600. The number of nitrogens with zero attached hydrogens (tertiary/aromatic N) is 3. The molecule has 0 saturated carbocycles. The molecule has 47 heavy (non-hydrogen) atoms. The molecule has 0 fully saturated rings. The summed E-state index contributed by atoms with van der Waals surface area (Å²) in [5.41, 5.74) is 8.97. The maximum Gasteiger partial charge on any atom is 0.164 e. The molecule has 0 amide bonds. The average Bonchev–Trinajstić information content (AvgIpc) is 3.54. The van der Waals surface area contributed by atoms with Gasteiger partial charge in [0.2, 0.25) is 0 Å². The molecule has 0 aliphatic rings. The molecular formula is C43H27N3O. The molecule has 4 nitrogen and oxygen atoms in total. The summed E-state index contributed by atoms with van der Waals surface area (Å²) in [5, 5.41) is 4.25. The van der Waals surface area contributed by atoms with E-state index in [0.29, 0.717) is 17.5 Å². The van der Waals surface area contributed by atoms with Gasteiger partial charge < -0.3 is 4.42 Å². The molecule has 2 heterocycles. The molecule has 0 aliphatic heterocycles. The number of furan rings is 1. The van der Waals surface area contributed by atoms with Gasteiger partial charge >= 0.3 is 0 Å². The summed E-state index contributed by atoms with van der Waals surface area (Å²) in [5.74, 6) is 1.84. The SMILES string of the molecule is c1ccc(-c2ccc(-c3nc(-c4cccc5ccccc45)nc(-c4cccc5oc6ccccc6c45)n3)cc2-c2ccccc2)cc1. The van der Waals surface area contributed by atoms with Crippen LogP contribution < -0.4 is 0 Å². The topological polar surface area (TPSA) is 51.8 Å². The molecule has 0 atom stereocenters. The zero-order valence-corrected chi connectivity index (χ0v) is 25.3. The van der Waals surface area contributed by atoms with Crippen LogP contribution in [0.5, 0.6) is 0 Å². The van der Waals surface area contributed by atoms with E-state index in [1.807, 2.05) is 42.5 Å². The van der Waals surface area contributed by atoms with Crippen LogP contribution >= 0.6 is 0 Å². The standard InChI is InChI=1S/C43H27N3O/c1-3-13-28(14-4-1)33-26-25-31(27-37(33)30-15-5-2-6-16-30)41-44-42(34-21-11-18-29-17-7-8-19-32(29)34)46-43(45-41)36-22-12-24-39-40(36)35-20-9-10-23-38(35)47-39/h1-27H. The Bertz CT molecular complexity index is 2570. The van der Waals surface area contributed by atoms with Crippen LogP contribution in [0.3, 0.4) is 0 Å². The zero-order valence-electron chi connectivity index (χ0n) is 25.3. The first kappa shape index (κ1) is 27.0. The van der Waals surface area contributed by atoms with Crippen LogP contribution in [0, 0.1) is 0 Å². The zero-order chi connectivity index (χ0) is 31.2. The summed E-state index contributed by atoms with van der Waals surface area (Å²) < 4.78 is 6.25. The molecule has 0 unspecified atom stereocenters. The van der Waals surface area contributed by atoms with Crippen LogP contribution in [0.1, 0.15) is 0 Å². The summed E-state index contributed by atoms with van der Waals surface area (Å²) in [4.78, 5) is 15.5. The molecule has 0 spiro atoms. The first-order valence-corrected chi connectivity index (χ1v) is 15.7. The van der Waals surface area contributed by atoms with E-state index < -0.39 is 0 Å². The van der Waals surface area contributed by atoms with E-state index in [4.69, 9.17) is 19.4 Å². The lowest BCUT2D eigenvalue weighted by Crippen LogP contribution is -2.01. The van der Waals surface area contributed by atoms with Crippen LogP contribution in [-0.4, -0.2) is 15.0 Å². The Balaban J connectivity index is 1.32. The van der Waals surface area contributed by atoms with Crippen molar-refractivity contribution in [2.75, 3.05) is 0 Å². The van der Waals surface area contributed by atoms with Crippen LogP contribution in [0.4, 0.5) is 0 Å². The fourth-order valence-corrected chi connectivity index (χ4v) is 6.54. The Morgan fingerprint density at radius 2 is 0.915 bits per heavy atom. The quantitative estimate of drug-likeness (QED) is 0.197. The molecule has 0 saturated heterocycles. The lowest BCUT2D eigenvalue weighted by atomic mass is 9.92. The second kappa shape index (κ2) is 11.2. The highest BCUT2D eigenvalue weighted by molar-refractivity contribution is 6.11. The van der Waals surface area contributed by atoms with Gasteiger partial charge in [-0.25, -0.2) is 15.0 Å². The average molecular weight is 602 g/mol. The van der Waals surface area contributed by atoms with Crippen molar-refractivity contribution in [2.45, 2.75) is 0 Å². The summed E-state index contributed by atoms with van der Waals surface area (Å²) in [6.45, 7) is 0. The largest absolute Gasteiger partial charge is 0.456 e. The maximum atomic E-state index is 6.25. The summed E-state index contributed by atoms with van der Waals surface area (Å²) >= 11 is 0. The van der Waals surface area contributed by atoms with E-state index in [1.54, 1.807) is 0 Å². The van der Waals surface area contributed by atoms with Crippen molar-refractivity contribution in [3.8, 4) is 56.4 Å². The molecular weight excluding hydrogens is 574 g/mol. The third-order valence-electron chi connectivity index (χ3n) is 8.76. The van der Waals surface area contributed by atoms with E-state index in [9.17, 15) is 0 Å². The summed E-state index contributed by atoms with van der Waals surface area (Å²) in [7, 11) is 0. The van der Waals surface area contributed by atoms with Gasteiger partial charge in [-0.2, -0.15) is 0 Å². The number of fused-ring (bicyclic) bond motifs is 4. The van der Waals surface area contributed by atoms with Crippen molar-refractivity contribution in [2.24, 2.45) is 0 Å². The molecule has 9 rings (SSSR count). The molecule has 0 N–H and O–H groups in total. The lowest BCUT2D eigenvalue weighted by Gasteiger charge is -2.14. The van der Waals surface area contributed by atoms with E-state index in [0.717, 1.165) is 71.7 Å². The van der Waals surface area contributed by atoms with Gasteiger partial charge in [0.15, 0.2) is 17.5 Å². The van der Waals surface area contributed by atoms with Crippen molar-refractivity contribution in [3.63, 3.8) is 0 Å². The van der Waals surface area contributed by atoms with Gasteiger partial charge in [-0.3, -0.25) is 0 Å². The molecule has 0 radical (unpaired) electrons. The van der Waals surface area contributed by atoms with Gasteiger partial charge in [-0.15, -0.1) is 0 Å². The number of rotatable bonds is 5. The second-order valence-electron chi connectivity index (χ2n) is 11.6. The molecule has 0 bridgehead atoms. The van der Waals surface area contributed by atoms with Gasteiger partial charge in [0.25, 0.3) is 0 Å². The van der Waals surface area contributed by atoms with E-state index in [-0.39, 0.29) is 0 Å². The number of aromatic nitrogens is 3. The van der Waals surface area contributed by atoms with Crippen molar-refractivity contribution in [1.82, 2.24) is 15.0 Å². The number of hydrogen-bond donors (Lipinski definition) is 0. The normalized spacial score (nSPS) is 11.4. The highest BCUT2D eigenvalue weighted by Gasteiger charge is 2.19. The second-order valence-corrected chi connectivity index (χ2v) is 11.6. The van der Waals surface area contributed by atoms with Gasteiger partial charge in [-0.1, -0.05) is 146 Å². The third-order valence-corrected chi connectivity index (χ3v) is 8.76. The van der Waals surface area contributed by atoms with E-state index >= 15 is 0 Å². The molecule has 9 aromatic rings. The van der Waals surface area contributed by atoms with Crippen molar-refractivity contribution < 1.29 is 4.42 Å². The molecule has 2 aromatic heterocycles. The highest BCUT2D eigenvalue weighted by atomic mass is 16.3. The fraction of sp³-hybridized carbons (Fsp3) is 0. The van der Waals surface area contributed by atoms with E-state index in [2.05, 4.69) is 121 Å². The Labute approximate surface area is 271 Å². The summed E-state index contributed by atoms with van der Waals surface area (Å²) in [6, 6.07) is 56.3. The van der Waals surface area contributed by atoms with Crippen molar-refractivity contribution in [3.05, 3.63) is 164 Å². The Morgan fingerprint density at radius 1 is 0.340 bits per heavy atom. The minimum absolute atomic E-state index is 0.600.